The summed E-state index contributed by atoms with van der Waals surface area (Å²) < 4.78 is 44.5. The first kappa shape index (κ1) is 25.9. The number of nitrogens with one attached hydrogen (secondary N) is 2. The highest BCUT2D eigenvalue weighted by atomic mass is 32.2. The number of halogens is 1. The first-order chi connectivity index (χ1) is 18.3. The van der Waals surface area contributed by atoms with Gasteiger partial charge in [-0.05, 0) is 55.8 Å². The van der Waals surface area contributed by atoms with Crippen molar-refractivity contribution in [1.82, 2.24) is 20.1 Å². The molecule has 0 aliphatic carbocycles. The van der Waals surface area contributed by atoms with Crippen LogP contribution in [0.3, 0.4) is 0 Å². The van der Waals surface area contributed by atoms with Gasteiger partial charge in [0.05, 0.1) is 17.1 Å². The molecule has 0 bridgehead atoms. The van der Waals surface area contributed by atoms with E-state index in [0.29, 0.717) is 23.7 Å². The van der Waals surface area contributed by atoms with Gasteiger partial charge in [0, 0.05) is 66.6 Å². The van der Waals surface area contributed by atoms with Gasteiger partial charge >= 0.3 is 0 Å². The maximum Gasteiger partial charge on any atom is 0.232 e. The fourth-order valence-electron chi connectivity index (χ4n) is 4.72. The van der Waals surface area contributed by atoms with Gasteiger partial charge in [0.1, 0.15) is 5.69 Å². The number of piperazine rings is 1. The smallest absolute Gasteiger partial charge is 0.232 e. The lowest BCUT2D eigenvalue weighted by atomic mass is 10.0. The summed E-state index contributed by atoms with van der Waals surface area (Å²) >= 11 is 0. The number of benzene rings is 2. The van der Waals surface area contributed by atoms with Gasteiger partial charge in [-0.15, -0.1) is 0 Å². The second kappa shape index (κ2) is 10.9. The van der Waals surface area contributed by atoms with Crippen molar-refractivity contribution in [1.29, 1.82) is 0 Å². The van der Waals surface area contributed by atoms with Crippen LogP contribution < -0.4 is 14.9 Å². The zero-order chi connectivity index (χ0) is 26.7. The molecular weight excluding hydrogens is 503 g/mol. The predicted molar refractivity (Wildman–Crippen MR) is 150 cm³/mol. The van der Waals surface area contributed by atoms with Crippen LogP contribution >= 0.6 is 0 Å². The topological polar surface area (TPSA) is 92.2 Å². The second-order valence-electron chi connectivity index (χ2n) is 9.48. The van der Waals surface area contributed by atoms with Crippen molar-refractivity contribution >= 4 is 21.4 Å². The molecule has 0 amide bonds. The third-order valence-corrected chi connectivity index (χ3v) is 8.02. The summed E-state index contributed by atoms with van der Waals surface area (Å²) in [6, 6.07) is 16.9. The molecule has 3 heterocycles. The molecule has 1 aliphatic heterocycles. The van der Waals surface area contributed by atoms with Crippen molar-refractivity contribution in [3.8, 4) is 28.1 Å². The molecule has 1 atom stereocenters. The number of aromatic nitrogens is 3. The summed E-state index contributed by atoms with van der Waals surface area (Å²) in [5.41, 5.74) is 4.03. The van der Waals surface area contributed by atoms with Crippen LogP contribution in [-0.4, -0.2) is 54.6 Å². The van der Waals surface area contributed by atoms with E-state index < -0.39 is 15.8 Å². The lowest BCUT2D eigenvalue weighted by Gasteiger charge is -2.33. The number of pyridine rings is 1. The first-order valence-electron chi connectivity index (χ1n) is 12.7. The van der Waals surface area contributed by atoms with E-state index in [-0.39, 0.29) is 17.0 Å². The van der Waals surface area contributed by atoms with Crippen LogP contribution in [0.5, 0.6) is 0 Å². The van der Waals surface area contributed by atoms with E-state index >= 15 is 4.39 Å². The molecule has 2 N–H and O–H groups in total. The number of sulfonamides is 1. The van der Waals surface area contributed by atoms with Crippen molar-refractivity contribution < 1.29 is 12.8 Å². The van der Waals surface area contributed by atoms with E-state index in [1.54, 1.807) is 42.3 Å². The molecular formula is C28H31FN6O2S. The standard InChI is InChI=1S/C28H31FN6O2S/c1-3-17-38(36,37)33-26-6-4-5-24(27(26)29)25-19-35(32-28(25)21-11-13-30-14-12-21)23-9-7-22(8-10-23)34-16-15-31-20(2)18-34/h4-14,19-20,31,33H,3,15-18H2,1-2H3/t20-/m1/s1. The minimum atomic E-state index is -3.65. The van der Waals surface area contributed by atoms with Crippen LogP contribution in [0.25, 0.3) is 28.1 Å². The summed E-state index contributed by atoms with van der Waals surface area (Å²) in [6.45, 7) is 6.77. The normalized spacial score (nSPS) is 16.0. The summed E-state index contributed by atoms with van der Waals surface area (Å²) in [5.74, 6) is -0.732. The Morgan fingerprint density at radius 1 is 1.05 bits per heavy atom. The SMILES string of the molecule is CCCS(=O)(=O)Nc1cccc(-c2cn(-c3ccc(N4CCN[C@H](C)C4)cc3)nc2-c2ccncc2)c1F. The minimum absolute atomic E-state index is 0.0836. The molecule has 0 saturated carbocycles. The fraction of sp³-hybridized carbons (Fsp3) is 0.286. The van der Waals surface area contributed by atoms with Crippen LogP contribution in [0.4, 0.5) is 15.8 Å². The molecule has 4 aromatic rings. The van der Waals surface area contributed by atoms with Crippen molar-refractivity contribution in [2.24, 2.45) is 0 Å². The average Bonchev–Trinajstić information content (AvgIpc) is 3.36. The van der Waals surface area contributed by atoms with Crippen LogP contribution in [0.1, 0.15) is 20.3 Å². The van der Waals surface area contributed by atoms with Crippen molar-refractivity contribution in [2.75, 3.05) is 35.0 Å². The molecule has 1 saturated heterocycles. The molecule has 0 radical (unpaired) electrons. The summed E-state index contributed by atoms with van der Waals surface area (Å²) in [7, 11) is -3.65. The molecule has 8 nitrogen and oxygen atoms in total. The Hall–Kier alpha value is -3.76. The predicted octanol–water partition coefficient (Wildman–Crippen LogP) is 4.69. The van der Waals surface area contributed by atoms with E-state index in [0.717, 1.165) is 36.6 Å². The molecule has 2 aromatic carbocycles. The third-order valence-electron chi connectivity index (χ3n) is 6.54. The van der Waals surface area contributed by atoms with E-state index in [4.69, 9.17) is 5.10 Å². The number of nitrogens with zero attached hydrogens (tertiary/aromatic N) is 4. The Labute approximate surface area is 222 Å². The molecule has 38 heavy (non-hydrogen) atoms. The second-order valence-corrected chi connectivity index (χ2v) is 11.3. The van der Waals surface area contributed by atoms with Crippen LogP contribution in [0.2, 0.25) is 0 Å². The van der Waals surface area contributed by atoms with E-state index in [9.17, 15) is 8.42 Å². The first-order valence-corrected chi connectivity index (χ1v) is 14.4. The van der Waals surface area contributed by atoms with Gasteiger partial charge in [-0.3, -0.25) is 9.71 Å². The molecule has 5 rings (SSSR count). The summed E-state index contributed by atoms with van der Waals surface area (Å²) in [5, 5.41) is 8.27. The van der Waals surface area contributed by atoms with Crippen LogP contribution in [0.15, 0.2) is 73.2 Å². The summed E-state index contributed by atoms with van der Waals surface area (Å²) in [4.78, 5) is 6.44. The van der Waals surface area contributed by atoms with E-state index in [2.05, 4.69) is 39.0 Å². The monoisotopic (exact) mass is 534 g/mol. The quantitative estimate of drug-likeness (QED) is 0.341. The minimum Gasteiger partial charge on any atom is -0.369 e. The molecule has 0 unspecified atom stereocenters. The van der Waals surface area contributed by atoms with Crippen molar-refractivity contribution in [3.05, 3.63) is 79.0 Å². The maximum atomic E-state index is 15.7. The number of hydrogen-bond donors (Lipinski definition) is 2. The van der Waals surface area contributed by atoms with Crippen LogP contribution in [0, 0.1) is 5.82 Å². The maximum absolute atomic E-state index is 15.7. The fourth-order valence-corrected chi connectivity index (χ4v) is 5.85. The van der Waals surface area contributed by atoms with Gasteiger partial charge in [-0.25, -0.2) is 17.5 Å². The summed E-state index contributed by atoms with van der Waals surface area (Å²) in [6.07, 6.45) is 5.53. The Morgan fingerprint density at radius 3 is 2.50 bits per heavy atom. The molecule has 198 valence electrons. The van der Waals surface area contributed by atoms with E-state index in [1.165, 1.54) is 6.07 Å². The van der Waals surface area contributed by atoms with Crippen molar-refractivity contribution in [3.63, 3.8) is 0 Å². The number of rotatable bonds is 8. The van der Waals surface area contributed by atoms with Gasteiger partial charge in [0.25, 0.3) is 0 Å². The zero-order valence-corrected chi connectivity index (χ0v) is 22.2. The average molecular weight is 535 g/mol. The lowest BCUT2D eigenvalue weighted by molar-refractivity contribution is 0.485. The van der Waals surface area contributed by atoms with Gasteiger partial charge < -0.3 is 10.2 Å². The molecule has 1 aliphatic rings. The highest BCUT2D eigenvalue weighted by Gasteiger charge is 2.21. The molecule has 1 fully saturated rings. The molecule has 2 aromatic heterocycles. The zero-order valence-electron chi connectivity index (χ0n) is 21.4. The highest BCUT2D eigenvalue weighted by molar-refractivity contribution is 7.92. The Morgan fingerprint density at radius 2 is 1.79 bits per heavy atom. The third kappa shape index (κ3) is 5.56. The van der Waals surface area contributed by atoms with Gasteiger partial charge in [0.2, 0.25) is 10.0 Å². The molecule has 10 heteroatoms. The Balaban J connectivity index is 1.54. The lowest BCUT2D eigenvalue weighted by Crippen LogP contribution is -2.49. The van der Waals surface area contributed by atoms with Gasteiger partial charge in [-0.2, -0.15) is 5.10 Å². The number of hydrogen-bond acceptors (Lipinski definition) is 6. The van der Waals surface area contributed by atoms with Crippen LogP contribution in [-0.2, 0) is 10.0 Å². The molecule has 0 spiro atoms. The number of anilines is 2. The van der Waals surface area contributed by atoms with Crippen molar-refractivity contribution in [2.45, 2.75) is 26.3 Å². The van der Waals surface area contributed by atoms with Gasteiger partial charge in [-0.1, -0.05) is 19.1 Å². The van der Waals surface area contributed by atoms with Gasteiger partial charge in [0.15, 0.2) is 5.82 Å². The highest BCUT2D eigenvalue weighted by Crippen LogP contribution is 2.36. The van der Waals surface area contributed by atoms with E-state index in [1.807, 2.05) is 24.3 Å². The Kier molecular flexibility index (Phi) is 7.44. The largest absolute Gasteiger partial charge is 0.369 e. The Bertz CT molecular complexity index is 1510.